The summed E-state index contributed by atoms with van der Waals surface area (Å²) in [5.41, 5.74) is 1.38. The molecule has 0 radical (unpaired) electrons. The maximum absolute atomic E-state index is 12.2. The van der Waals surface area contributed by atoms with Gasteiger partial charge in [0.25, 0.3) is 0 Å². The van der Waals surface area contributed by atoms with Gasteiger partial charge in [0.05, 0.1) is 0 Å². The van der Waals surface area contributed by atoms with E-state index in [0.717, 1.165) is 12.0 Å². The Kier molecular flexibility index (Phi) is 2.47. The van der Waals surface area contributed by atoms with E-state index >= 15 is 0 Å². The molecule has 0 aliphatic heterocycles. The van der Waals surface area contributed by atoms with Gasteiger partial charge in [0.1, 0.15) is 17.3 Å². The van der Waals surface area contributed by atoms with E-state index in [1.165, 1.54) is 0 Å². The van der Waals surface area contributed by atoms with Crippen molar-refractivity contribution in [3.8, 4) is 11.5 Å². The highest BCUT2D eigenvalue weighted by molar-refractivity contribution is 5.86. The molecule has 3 saturated carbocycles. The third-order valence-electron chi connectivity index (χ3n) is 5.29. The van der Waals surface area contributed by atoms with Gasteiger partial charge >= 0.3 is 0 Å². The second kappa shape index (κ2) is 3.75. The van der Waals surface area contributed by atoms with Gasteiger partial charge in [-0.15, -0.1) is 0 Å². The smallest absolute Gasteiger partial charge is 0.137 e. The van der Waals surface area contributed by atoms with Crippen LogP contribution in [0.4, 0.5) is 0 Å². The summed E-state index contributed by atoms with van der Waals surface area (Å²) in [5, 5.41) is 20.3. The molecule has 0 unspecified atom stereocenters. The Morgan fingerprint density at radius 2 is 1.79 bits per heavy atom. The number of hydrogen-bond acceptors (Lipinski definition) is 3. The molecule has 3 aliphatic rings. The zero-order valence-electron chi connectivity index (χ0n) is 11.6. The van der Waals surface area contributed by atoms with E-state index in [-0.39, 0.29) is 34.5 Å². The lowest BCUT2D eigenvalue weighted by atomic mass is 9.44. The third kappa shape index (κ3) is 1.60. The highest BCUT2D eigenvalue weighted by Crippen LogP contribution is 2.64. The largest absolute Gasteiger partial charge is 0.508 e. The molecular formula is C16H20O3. The van der Waals surface area contributed by atoms with Crippen LogP contribution in [0.2, 0.25) is 0 Å². The van der Waals surface area contributed by atoms with Gasteiger partial charge in [-0.2, -0.15) is 0 Å². The summed E-state index contributed by atoms with van der Waals surface area (Å²) in [6.07, 6.45) is 1.34. The predicted molar refractivity (Wildman–Crippen MR) is 72.3 cm³/mol. The maximum Gasteiger partial charge on any atom is 0.137 e. The Bertz CT molecular complexity index is 536. The van der Waals surface area contributed by atoms with E-state index in [1.807, 2.05) is 6.92 Å². The van der Waals surface area contributed by atoms with Crippen molar-refractivity contribution in [3.05, 3.63) is 23.3 Å². The molecule has 2 bridgehead atoms. The Balaban J connectivity index is 2.06. The lowest BCUT2D eigenvalue weighted by molar-refractivity contribution is -0.151. The molecule has 102 valence electrons. The van der Waals surface area contributed by atoms with Crippen LogP contribution in [0.25, 0.3) is 0 Å². The first-order valence-electron chi connectivity index (χ1n) is 6.87. The molecule has 3 aliphatic carbocycles. The Labute approximate surface area is 113 Å². The number of hydrogen-bond donors (Lipinski definition) is 2. The van der Waals surface area contributed by atoms with Crippen molar-refractivity contribution in [1.82, 2.24) is 0 Å². The maximum atomic E-state index is 12.2. The zero-order chi connectivity index (χ0) is 13.9. The highest BCUT2D eigenvalue weighted by Gasteiger charge is 2.59. The van der Waals surface area contributed by atoms with Crippen molar-refractivity contribution in [3.63, 3.8) is 0 Å². The number of rotatable bonds is 1. The van der Waals surface area contributed by atoms with Crippen molar-refractivity contribution >= 4 is 5.78 Å². The van der Waals surface area contributed by atoms with Crippen molar-refractivity contribution in [2.45, 2.75) is 39.5 Å². The number of phenols is 2. The minimum atomic E-state index is -0.0481. The summed E-state index contributed by atoms with van der Waals surface area (Å²) < 4.78 is 0. The minimum absolute atomic E-state index is 0.0102. The predicted octanol–water partition coefficient (Wildman–Crippen LogP) is 3.12. The molecule has 3 atom stereocenters. The van der Waals surface area contributed by atoms with Crippen molar-refractivity contribution in [2.75, 3.05) is 0 Å². The molecule has 0 aromatic heterocycles. The van der Waals surface area contributed by atoms with Crippen LogP contribution in [0, 0.1) is 24.2 Å². The topological polar surface area (TPSA) is 57.5 Å². The molecule has 1 aromatic carbocycles. The number of carbonyl (C=O) groups is 1. The van der Waals surface area contributed by atoms with Gasteiger partial charge in [0, 0.05) is 23.8 Å². The molecular weight excluding hydrogens is 240 g/mol. The summed E-state index contributed by atoms with van der Waals surface area (Å²) in [6.45, 7) is 6.08. The van der Waals surface area contributed by atoms with E-state index in [9.17, 15) is 15.0 Å². The summed E-state index contributed by atoms with van der Waals surface area (Å²) in [6, 6.07) is 3.33. The lowest BCUT2D eigenvalue weighted by Gasteiger charge is -2.59. The fourth-order valence-corrected chi connectivity index (χ4v) is 4.13. The summed E-state index contributed by atoms with van der Waals surface area (Å²) >= 11 is 0. The SMILES string of the molecule is Cc1cc(O)c([C@H]2CC(=O)[C@H]3C[C@@H]2C3(C)C)c(O)c1. The minimum Gasteiger partial charge on any atom is -0.508 e. The van der Waals surface area contributed by atoms with Crippen LogP contribution in [-0.2, 0) is 4.79 Å². The fraction of sp³-hybridized carbons (Fsp3) is 0.562. The van der Waals surface area contributed by atoms with Gasteiger partial charge < -0.3 is 10.2 Å². The van der Waals surface area contributed by atoms with Crippen LogP contribution >= 0.6 is 0 Å². The average Bonchev–Trinajstić information content (AvgIpc) is 2.25. The molecule has 0 saturated heterocycles. The molecule has 0 amide bonds. The molecule has 4 rings (SSSR count). The molecule has 1 aromatic rings. The second-order valence-corrected chi connectivity index (χ2v) is 6.71. The van der Waals surface area contributed by atoms with Gasteiger partial charge in [0.2, 0.25) is 0 Å². The van der Waals surface area contributed by atoms with Crippen molar-refractivity contribution in [1.29, 1.82) is 0 Å². The number of benzene rings is 1. The average molecular weight is 260 g/mol. The Morgan fingerprint density at radius 1 is 1.21 bits per heavy atom. The van der Waals surface area contributed by atoms with Gasteiger partial charge in [0.15, 0.2) is 0 Å². The van der Waals surface area contributed by atoms with Gasteiger partial charge in [-0.25, -0.2) is 0 Å². The number of Topliss-reactive ketones (excluding diaryl/α,β-unsaturated/α-hetero) is 1. The van der Waals surface area contributed by atoms with E-state index in [0.29, 0.717) is 17.9 Å². The summed E-state index contributed by atoms with van der Waals surface area (Å²) in [7, 11) is 0. The number of aryl methyl sites for hydroxylation is 1. The van der Waals surface area contributed by atoms with E-state index in [4.69, 9.17) is 0 Å². The molecule has 3 nitrogen and oxygen atoms in total. The van der Waals surface area contributed by atoms with Crippen LogP contribution in [-0.4, -0.2) is 16.0 Å². The lowest BCUT2D eigenvalue weighted by Crippen LogP contribution is -2.56. The first-order chi connectivity index (χ1) is 8.82. The first-order valence-corrected chi connectivity index (χ1v) is 6.87. The Morgan fingerprint density at radius 3 is 2.26 bits per heavy atom. The van der Waals surface area contributed by atoms with Crippen LogP contribution < -0.4 is 0 Å². The molecule has 3 fully saturated rings. The van der Waals surface area contributed by atoms with Gasteiger partial charge in [-0.3, -0.25) is 4.79 Å². The Hall–Kier alpha value is -1.51. The number of ketones is 1. The highest BCUT2D eigenvalue weighted by atomic mass is 16.3. The molecule has 0 heterocycles. The standard InChI is InChI=1S/C16H20O3/c1-8-4-13(18)15(14(19)5-8)9-6-12(17)11-7-10(9)16(11,2)3/h4-5,9-11,18-19H,6-7H2,1-3H3/t9-,10-,11+/m0/s1. The summed E-state index contributed by atoms with van der Waals surface area (Å²) in [5.74, 6) is 1.01. The molecule has 19 heavy (non-hydrogen) atoms. The monoisotopic (exact) mass is 260 g/mol. The number of aromatic hydroxyl groups is 2. The summed E-state index contributed by atoms with van der Waals surface area (Å²) in [4.78, 5) is 12.2. The normalized spacial score (nSPS) is 31.9. The van der Waals surface area contributed by atoms with Gasteiger partial charge in [-0.05, 0) is 42.4 Å². The van der Waals surface area contributed by atoms with E-state index in [1.54, 1.807) is 12.1 Å². The van der Waals surface area contributed by atoms with Crippen molar-refractivity contribution in [2.24, 2.45) is 17.3 Å². The number of carbonyl (C=O) groups excluding carboxylic acids is 1. The van der Waals surface area contributed by atoms with E-state index in [2.05, 4.69) is 13.8 Å². The number of fused-ring (bicyclic) bond motifs is 2. The van der Waals surface area contributed by atoms with Gasteiger partial charge in [-0.1, -0.05) is 13.8 Å². The van der Waals surface area contributed by atoms with E-state index < -0.39 is 0 Å². The molecule has 2 N–H and O–H groups in total. The fourth-order valence-electron chi connectivity index (χ4n) is 4.13. The van der Waals surface area contributed by atoms with Crippen LogP contribution in [0.3, 0.4) is 0 Å². The number of phenolic OH excluding ortho intramolecular Hbond substituents is 2. The van der Waals surface area contributed by atoms with Crippen molar-refractivity contribution < 1.29 is 15.0 Å². The second-order valence-electron chi connectivity index (χ2n) is 6.71. The van der Waals surface area contributed by atoms with Crippen LogP contribution in [0.15, 0.2) is 12.1 Å². The zero-order valence-corrected chi connectivity index (χ0v) is 11.6. The van der Waals surface area contributed by atoms with Crippen LogP contribution in [0.1, 0.15) is 43.7 Å². The first kappa shape index (κ1) is 12.5. The molecule has 0 spiro atoms. The third-order valence-corrected chi connectivity index (χ3v) is 5.29. The molecule has 3 heteroatoms. The quantitative estimate of drug-likeness (QED) is 0.815. The van der Waals surface area contributed by atoms with Crippen LogP contribution in [0.5, 0.6) is 11.5 Å².